The van der Waals surface area contributed by atoms with Crippen LogP contribution in [-0.4, -0.2) is 73.6 Å². The summed E-state index contributed by atoms with van der Waals surface area (Å²) in [7, 11) is -2.84. The Morgan fingerprint density at radius 3 is 2.42 bits per heavy atom. The smallest absolute Gasteiger partial charge is 0.233 e. The first-order valence-corrected chi connectivity index (χ1v) is 11.2. The minimum absolute atomic E-state index is 0.147. The third-order valence-corrected chi connectivity index (χ3v) is 7.52. The van der Waals surface area contributed by atoms with Gasteiger partial charge in [0.15, 0.2) is 9.84 Å². The van der Waals surface area contributed by atoms with Gasteiger partial charge in [0.2, 0.25) is 5.91 Å². The molecule has 2 saturated heterocycles. The summed E-state index contributed by atoms with van der Waals surface area (Å²) in [5, 5.41) is 0. The van der Waals surface area contributed by atoms with Crippen molar-refractivity contribution in [1.82, 2.24) is 9.80 Å². The molecule has 0 radical (unpaired) electrons. The summed E-state index contributed by atoms with van der Waals surface area (Å²) in [4.78, 5) is 17.6. The Labute approximate surface area is 148 Å². The van der Waals surface area contributed by atoms with E-state index >= 15 is 0 Å². The number of sulfone groups is 1. The second kappa shape index (κ2) is 7.45. The molecule has 2 fully saturated rings. The normalized spacial score (nSPS) is 24.2. The van der Waals surface area contributed by atoms with Gasteiger partial charge in [-0.1, -0.05) is 17.7 Å². The lowest BCUT2D eigenvalue weighted by atomic mass is 10.2. The first-order valence-electron chi connectivity index (χ1n) is 8.35. The van der Waals surface area contributed by atoms with Crippen molar-refractivity contribution >= 4 is 27.5 Å². The van der Waals surface area contributed by atoms with Crippen molar-refractivity contribution in [2.24, 2.45) is 0 Å². The summed E-state index contributed by atoms with van der Waals surface area (Å²) in [5.41, 5.74) is 1.22. The molecule has 5 nitrogen and oxygen atoms in total. The number of aryl methyl sites for hydroxylation is 1. The third kappa shape index (κ3) is 4.52. The van der Waals surface area contributed by atoms with E-state index < -0.39 is 9.84 Å². The van der Waals surface area contributed by atoms with Gasteiger partial charge in [0.1, 0.15) is 0 Å². The van der Waals surface area contributed by atoms with Crippen LogP contribution in [0.4, 0.5) is 0 Å². The number of hydrogen-bond acceptors (Lipinski definition) is 5. The van der Waals surface area contributed by atoms with Crippen LogP contribution in [0.25, 0.3) is 0 Å². The Hall–Kier alpha value is -1.05. The number of nitrogens with zero attached hydrogens (tertiary/aromatic N) is 2. The monoisotopic (exact) mass is 368 g/mol. The highest BCUT2D eigenvalue weighted by Gasteiger charge is 2.34. The van der Waals surface area contributed by atoms with E-state index in [2.05, 4.69) is 24.0 Å². The molecule has 1 amide bonds. The largest absolute Gasteiger partial charge is 0.339 e. The number of carbonyl (C=O) groups is 1. The van der Waals surface area contributed by atoms with E-state index in [1.165, 1.54) is 5.56 Å². The minimum atomic E-state index is -2.84. The fourth-order valence-electron chi connectivity index (χ4n) is 3.27. The van der Waals surface area contributed by atoms with E-state index in [1.54, 1.807) is 11.8 Å². The number of thioether (sulfide) groups is 1. The van der Waals surface area contributed by atoms with Gasteiger partial charge in [-0.2, -0.15) is 0 Å². The van der Waals surface area contributed by atoms with Crippen molar-refractivity contribution in [1.29, 1.82) is 0 Å². The topological polar surface area (TPSA) is 57.7 Å². The number of rotatable bonds is 4. The van der Waals surface area contributed by atoms with E-state index in [1.807, 2.05) is 17.0 Å². The molecule has 2 aliphatic heterocycles. The standard InChI is InChI=1S/C17H24N2O3S2/c1-14-2-4-16(5-3-14)23-12-17(20)19-9-7-18(8-10-19)15-6-11-24(21,22)13-15/h2-5,15H,6-13H2,1H3/t15-/m0/s1. The molecule has 0 bridgehead atoms. The lowest BCUT2D eigenvalue weighted by Crippen LogP contribution is -2.52. The van der Waals surface area contributed by atoms with Crippen LogP contribution in [0.2, 0.25) is 0 Å². The zero-order valence-electron chi connectivity index (χ0n) is 14.0. The maximum atomic E-state index is 12.4. The van der Waals surface area contributed by atoms with Crippen LogP contribution in [-0.2, 0) is 14.6 Å². The molecule has 0 N–H and O–H groups in total. The van der Waals surface area contributed by atoms with Gasteiger partial charge in [-0.3, -0.25) is 9.69 Å². The first-order chi connectivity index (χ1) is 11.4. The predicted molar refractivity (Wildman–Crippen MR) is 97.1 cm³/mol. The van der Waals surface area contributed by atoms with Crippen molar-refractivity contribution in [3.63, 3.8) is 0 Å². The number of carbonyl (C=O) groups excluding carboxylic acids is 1. The summed E-state index contributed by atoms with van der Waals surface area (Å²) in [5.74, 6) is 1.22. The molecule has 7 heteroatoms. The highest BCUT2D eigenvalue weighted by Crippen LogP contribution is 2.21. The second-order valence-corrected chi connectivity index (χ2v) is 9.85. The fourth-order valence-corrected chi connectivity index (χ4v) is 5.83. The molecule has 3 rings (SSSR count). The van der Waals surface area contributed by atoms with Crippen molar-refractivity contribution in [2.45, 2.75) is 24.3 Å². The van der Waals surface area contributed by atoms with Crippen LogP contribution in [0.1, 0.15) is 12.0 Å². The van der Waals surface area contributed by atoms with Crippen LogP contribution < -0.4 is 0 Å². The molecule has 0 unspecified atom stereocenters. The summed E-state index contributed by atoms with van der Waals surface area (Å²) < 4.78 is 23.2. The van der Waals surface area contributed by atoms with Crippen LogP contribution in [0, 0.1) is 6.92 Å². The SMILES string of the molecule is Cc1ccc(SCC(=O)N2CCN([C@H]3CCS(=O)(=O)C3)CC2)cc1. The molecule has 1 aromatic carbocycles. The fraction of sp³-hybridized carbons (Fsp3) is 0.588. The molecule has 1 aromatic rings. The van der Waals surface area contributed by atoms with E-state index in [-0.39, 0.29) is 17.7 Å². The van der Waals surface area contributed by atoms with Gasteiger partial charge in [0, 0.05) is 37.1 Å². The highest BCUT2D eigenvalue weighted by atomic mass is 32.2. The first kappa shape index (κ1) is 17.8. The summed E-state index contributed by atoms with van der Waals surface area (Å²) in [6, 6.07) is 8.36. The molecule has 0 aliphatic carbocycles. The lowest BCUT2D eigenvalue weighted by Gasteiger charge is -2.37. The number of benzene rings is 1. The molecule has 24 heavy (non-hydrogen) atoms. The summed E-state index contributed by atoms with van der Waals surface area (Å²) in [6.07, 6.45) is 0.736. The third-order valence-electron chi connectivity index (χ3n) is 4.78. The minimum Gasteiger partial charge on any atom is -0.339 e. The maximum absolute atomic E-state index is 12.4. The van der Waals surface area contributed by atoms with Crippen LogP contribution in [0.3, 0.4) is 0 Å². The number of amides is 1. The molecule has 1 atom stereocenters. The van der Waals surface area contributed by atoms with Crippen molar-refractivity contribution in [2.75, 3.05) is 43.4 Å². The summed E-state index contributed by atoms with van der Waals surface area (Å²) >= 11 is 1.57. The molecule has 0 saturated carbocycles. The van der Waals surface area contributed by atoms with Crippen molar-refractivity contribution < 1.29 is 13.2 Å². The average molecular weight is 369 g/mol. The van der Waals surface area contributed by atoms with E-state index in [9.17, 15) is 13.2 Å². The van der Waals surface area contributed by atoms with Gasteiger partial charge in [0.25, 0.3) is 0 Å². The Kier molecular flexibility index (Phi) is 5.52. The Morgan fingerprint density at radius 1 is 1.17 bits per heavy atom. The molecule has 0 spiro atoms. The van der Waals surface area contributed by atoms with Gasteiger partial charge >= 0.3 is 0 Å². The predicted octanol–water partition coefficient (Wildman–Crippen LogP) is 1.42. The Bertz CT molecular complexity index is 680. The molecular weight excluding hydrogens is 344 g/mol. The van der Waals surface area contributed by atoms with Crippen LogP contribution in [0.5, 0.6) is 0 Å². The second-order valence-electron chi connectivity index (χ2n) is 6.58. The molecule has 132 valence electrons. The summed E-state index contributed by atoms with van der Waals surface area (Å²) in [6.45, 7) is 5.00. The van der Waals surface area contributed by atoms with Gasteiger partial charge in [-0.15, -0.1) is 11.8 Å². The number of piperazine rings is 1. The van der Waals surface area contributed by atoms with Gasteiger partial charge < -0.3 is 4.90 Å². The molecule has 2 heterocycles. The van der Waals surface area contributed by atoms with Gasteiger partial charge in [-0.05, 0) is 25.5 Å². The van der Waals surface area contributed by atoms with Gasteiger partial charge in [-0.25, -0.2) is 8.42 Å². The van der Waals surface area contributed by atoms with Crippen LogP contribution >= 0.6 is 11.8 Å². The molecular formula is C17H24N2O3S2. The highest BCUT2D eigenvalue weighted by molar-refractivity contribution is 8.00. The van der Waals surface area contributed by atoms with Crippen molar-refractivity contribution in [3.8, 4) is 0 Å². The number of hydrogen-bond donors (Lipinski definition) is 0. The van der Waals surface area contributed by atoms with Gasteiger partial charge in [0.05, 0.1) is 17.3 Å². The van der Waals surface area contributed by atoms with E-state index in [4.69, 9.17) is 0 Å². The Morgan fingerprint density at radius 2 is 1.83 bits per heavy atom. The zero-order valence-corrected chi connectivity index (χ0v) is 15.6. The molecule has 2 aliphatic rings. The lowest BCUT2D eigenvalue weighted by molar-refractivity contribution is -0.130. The van der Waals surface area contributed by atoms with E-state index in [0.717, 1.165) is 24.4 Å². The van der Waals surface area contributed by atoms with Crippen molar-refractivity contribution in [3.05, 3.63) is 29.8 Å². The molecule has 0 aromatic heterocycles. The average Bonchev–Trinajstić information content (AvgIpc) is 2.94. The zero-order chi connectivity index (χ0) is 17.2. The quantitative estimate of drug-likeness (QED) is 0.753. The Balaban J connectivity index is 1.44. The maximum Gasteiger partial charge on any atom is 0.233 e. The van der Waals surface area contributed by atoms with E-state index in [0.29, 0.717) is 24.6 Å². The van der Waals surface area contributed by atoms with Crippen LogP contribution in [0.15, 0.2) is 29.2 Å².